The number of hydrogen-bond donors (Lipinski definition) is 0. The van der Waals surface area contributed by atoms with Crippen molar-refractivity contribution >= 4 is 14.0 Å². The average molecular weight is 226 g/mol. The van der Waals surface area contributed by atoms with E-state index in [0.29, 0.717) is 6.61 Å². The summed E-state index contributed by atoms with van der Waals surface area (Å²) in [7, 11) is -1.40. The topological polar surface area (TPSA) is 38.8 Å². The monoisotopic (exact) mass is 226 g/mol. The molecule has 0 aromatic rings. The Balaban J connectivity index is 2.59. The zero-order chi connectivity index (χ0) is 11.7. The SMILES string of the molecule is CCOC(=O)[C@H]1O[C@]1(C)C#C[Si](C)(C)C. The molecule has 0 spiro atoms. The summed E-state index contributed by atoms with van der Waals surface area (Å²) in [6.07, 6.45) is -0.485. The fourth-order valence-corrected chi connectivity index (χ4v) is 1.73. The molecule has 1 saturated heterocycles. The van der Waals surface area contributed by atoms with Gasteiger partial charge in [0, 0.05) is 0 Å². The maximum absolute atomic E-state index is 11.3. The van der Waals surface area contributed by atoms with E-state index in [9.17, 15) is 4.79 Å². The van der Waals surface area contributed by atoms with Crippen molar-refractivity contribution in [3.63, 3.8) is 0 Å². The predicted molar refractivity (Wildman–Crippen MR) is 61.0 cm³/mol. The van der Waals surface area contributed by atoms with E-state index in [-0.39, 0.29) is 5.97 Å². The lowest BCUT2D eigenvalue weighted by Gasteiger charge is -2.04. The molecule has 1 fully saturated rings. The standard InChI is InChI=1S/C11H18O3Si/c1-6-13-10(12)9-11(2,14-9)7-8-15(3,4)5/h9H,6H2,1-5H3/t9-,11-/m1/s1. The number of carbonyl (C=O) groups excluding carboxylic acids is 1. The van der Waals surface area contributed by atoms with Gasteiger partial charge in [0.2, 0.25) is 0 Å². The van der Waals surface area contributed by atoms with Crippen LogP contribution >= 0.6 is 0 Å². The van der Waals surface area contributed by atoms with E-state index in [2.05, 4.69) is 31.1 Å². The van der Waals surface area contributed by atoms with Crippen LogP contribution in [-0.4, -0.2) is 32.4 Å². The Hall–Kier alpha value is -0.793. The molecule has 4 heteroatoms. The van der Waals surface area contributed by atoms with Gasteiger partial charge in [-0.15, -0.1) is 5.54 Å². The van der Waals surface area contributed by atoms with Gasteiger partial charge in [-0.1, -0.05) is 25.6 Å². The van der Waals surface area contributed by atoms with Crippen molar-refractivity contribution < 1.29 is 14.3 Å². The van der Waals surface area contributed by atoms with E-state index in [4.69, 9.17) is 9.47 Å². The van der Waals surface area contributed by atoms with Crippen LogP contribution in [0.1, 0.15) is 13.8 Å². The van der Waals surface area contributed by atoms with E-state index in [0.717, 1.165) is 0 Å². The highest BCUT2D eigenvalue weighted by molar-refractivity contribution is 6.83. The molecule has 1 heterocycles. The molecular formula is C11H18O3Si. The molecule has 1 aliphatic rings. The van der Waals surface area contributed by atoms with Gasteiger partial charge in [-0.2, -0.15) is 0 Å². The summed E-state index contributed by atoms with van der Waals surface area (Å²) >= 11 is 0. The first kappa shape index (κ1) is 12.3. The minimum absolute atomic E-state index is 0.301. The van der Waals surface area contributed by atoms with Gasteiger partial charge in [-0.05, 0) is 13.8 Å². The van der Waals surface area contributed by atoms with Gasteiger partial charge in [-0.3, -0.25) is 0 Å². The second-order valence-electron chi connectivity index (χ2n) is 4.86. The van der Waals surface area contributed by atoms with Gasteiger partial charge in [0.25, 0.3) is 0 Å². The number of rotatable bonds is 2. The Bertz CT molecular complexity index is 321. The van der Waals surface area contributed by atoms with Crippen LogP contribution < -0.4 is 0 Å². The summed E-state index contributed by atoms with van der Waals surface area (Å²) in [5.74, 6) is 2.75. The van der Waals surface area contributed by atoms with Crippen LogP contribution in [0.25, 0.3) is 0 Å². The van der Waals surface area contributed by atoms with Crippen LogP contribution in [-0.2, 0) is 14.3 Å². The Morgan fingerprint density at radius 1 is 1.53 bits per heavy atom. The Labute approximate surface area is 92.2 Å². The van der Waals surface area contributed by atoms with Gasteiger partial charge in [0.15, 0.2) is 11.7 Å². The summed E-state index contributed by atoms with van der Waals surface area (Å²) in [5.41, 5.74) is 2.60. The molecule has 3 nitrogen and oxygen atoms in total. The van der Waals surface area contributed by atoms with Crippen LogP contribution in [0, 0.1) is 11.5 Å². The highest BCUT2D eigenvalue weighted by atomic mass is 28.3. The zero-order valence-corrected chi connectivity index (χ0v) is 11.0. The quantitative estimate of drug-likeness (QED) is 0.311. The molecule has 0 radical (unpaired) electrons. The van der Waals surface area contributed by atoms with Crippen LogP contribution in [0.3, 0.4) is 0 Å². The fourth-order valence-electron chi connectivity index (χ4n) is 1.11. The van der Waals surface area contributed by atoms with Crippen molar-refractivity contribution in [1.82, 2.24) is 0 Å². The molecule has 0 aliphatic carbocycles. The smallest absolute Gasteiger partial charge is 0.339 e. The Morgan fingerprint density at radius 3 is 2.60 bits per heavy atom. The molecule has 2 atom stereocenters. The van der Waals surface area contributed by atoms with Crippen molar-refractivity contribution in [2.24, 2.45) is 0 Å². The maximum Gasteiger partial charge on any atom is 0.339 e. The van der Waals surface area contributed by atoms with Gasteiger partial charge >= 0.3 is 5.97 Å². The highest BCUT2D eigenvalue weighted by Gasteiger charge is 2.57. The minimum atomic E-state index is -1.40. The fraction of sp³-hybridized carbons (Fsp3) is 0.727. The normalized spacial score (nSPS) is 29.0. The maximum atomic E-state index is 11.3. The molecule has 1 rings (SSSR count). The van der Waals surface area contributed by atoms with Crippen LogP contribution in [0.15, 0.2) is 0 Å². The molecule has 0 bridgehead atoms. The van der Waals surface area contributed by atoms with Crippen molar-refractivity contribution in [3.8, 4) is 11.5 Å². The average Bonchev–Trinajstić information content (AvgIpc) is 2.75. The van der Waals surface area contributed by atoms with Crippen LogP contribution in [0.4, 0.5) is 0 Å². The molecule has 0 amide bonds. The highest BCUT2D eigenvalue weighted by Crippen LogP contribution is 2.36. The molecule has 0 unspecified atom stereocenters. The molecule has 15 heavy (non-hydrogen) atoms. The molecule has 1 aliphatic heterocycles. The zero-order valence-electron chi connectivity index (χ0n) is 10.0. The first-order valence-corrected chi connectivity index (χ1v) is 8.67. The summed E-state index contributed by atoms with van der Waals surface area (Å²) in [6, 6.07) is 0. The number of esters is 1. The molecule has 0 aromatic carbocycles. The number of carbonyl (C=O) groups is 1. The van der Waals surface area contributed by atoms with E-state index in [1.54, 1.807) is 6.92 Å². The lowest BCUT2D eigenvalue weighted by Crippen LogP contribution is -2.21. The second-order valence-corrected chi connectivity index (χ2v) is 9.61. The van der Waals surface area contributed by atoms with Crippen LogP contribution in [0.5, 0.6) is 0 Å². The Morgan fingerprint density at radius 2 is 2.13 bits per heavy atom. The number of hydrogen-bond acceptors (Lipinski definition) is 3. The van der Waals surface area contributed by atoms with E-state index >= 15 is 0 Å². The van der Waals surface area contributed by atoms with Crippen molar-refractivity contribution in [2.75, 3.05) is 6.61 Å². The van der Waals surface area contributed by atoms with Crippen molar-refractivity contribution in [1.29, 1.82) is 0 Å². The van der Waals surface area contributed by atoms with Gasteiger partial charge < -0.3 is 9.47 Å². The van der Waals surface area contributed by atoms with Gasteiger partial charge in [0.05, 0.1) is 6.61 Å². The van der Waals surface area contributed by atoms with E-state index < -0.39 is 19.8 Å². The predicted octanol–water partition coefficient (Wildman–Crippen LogP) is 1.59. The van der Waals surface area contributed by atoms with E-state index in [1.807, 2.05) is 6.92 Å². The first-order valence-electron chi connectivity index (χ1n) is 5.17. The Kier molecular flexibility index (Phi) is 3.27. The lowest BCUT2D eigenvalue weighted by atomic mass is 10.1. The van der Waals surface area contributed by atoms with E-state index in [1.165, 1.54) is 0 Å². The molecule has 0 saturated carbocycles. The summed E-state index contributed by atoms with van der Waals surface area (Å²) in [5, 5.41) is 0. The molecule has 0 N–H and O–H groups in total. The molecular weight excluding hydrogens is 208 g/mol. The third kappa shape index (κ3) is 3.36. The minimum Gasteiger partial charge on any atom is -0.464 e. The molecule has 0 aromatic heterocycles. The molecule has 84 valence electrons. The first-order chi connectivity index (χ1) is 6.78. The third-order valence-corrected chi connectivity index (χ3v) is 2.87. The summed E-state index contributed by atoms with van der Waals surface area (Å²) in [4.78, 5) is 11.3. The summed E-state index contributed by atoms with van der Waals surface area (Å²) in [6.45, 7) is 10.5. The summed E-state index contributed by atoms with van der Waals surface area (Å²) < 4.78 is 10.2. The lowest BCUT2D eigenvalue weighted by molar-refractivity contribution is -0.144. The number of ether oxygens (including phenoxy) is 2. The second kappa shape index (κ2) is 3.99. The van der Waals surface area contributed by atoms with Crippen LogP contribution in [0.2, 0.25) is 19.6 Å². The van der Waals surface area contributed by atoms with Crippen molar-refractivity contribution in [2.45, 2.75) is 45.2 Å². The van der Waals surface area contributed by atoms with Gasteiger partial charge in [0.1, 0.15) is 8.07 Å². The van der Waals surface area contributed by atoms with Crippen molar-refractivity contribution in [3.05, 3.63) is 0 Å². The number of epoxide rings is 1. The third-order valence-electron chi connectivity index (χ3n) is 1.99. The van der Waals surface area contributed by atoms with Gasteiger partial charge in [-0.25, -0.2) is 4.79 Å². The largest absolute Gasteiger partial charge is 0.464 e.